The van der Waals surface area contributed by atoms with E-state index in [-0.39, 0.29) is 30.6 Å². The Morgan fingerprint density at radius 3 is 2.60 bits per heavy atom. The van der Waals surface area contributed by atoms with Crippen molar-refractivity contribution in [3.05, 3.63) is 29.6 Å². The topological polar surface area (TPSA) is 41.1 Å². The molecule has 1 aliphatic rings. The second-order valence-electron chi connectivity index (χ2n) is 4.71. The summed E-state index contributed by atoms with van der Waals surface area (Å²) in [5.74, 6) is -0.965. The molecule has 1 aromatic rings. The zero-order valence-corrected chi connectivity index (χ0v) is 10.6. The lowest BCUT2D eigenvalue weighted by molar-refractivity contribution is -0.137. The smallest absolute Gasteiger partial charge is 0.382 e. The lowest BCUT2D eigenvalue weighted by atomic mass is 10.2. The van der Waals surface area contributed by atoms with E-state index in [9.17, 15) is 22.4 Å². The van der Waals surface area contributed by atoms with Crippen LogP contribution in [0.3, 0.4) is 0 Å². The molecule has 0 aliphatic heterocycles. The molecule has 110 valence electrons. The zero-order chi connectivity index (χ0) is 14.8. The lowest BCUT2D eigenvalue weighted by Crippen LogP contribution is -2.27. The number of benzene rings is 1. The molecule has 7 heteroatoms. The van der Waals surface area contributed by atoms with Gasteiger partial charge in [-0.15, -0.1) is 0 Å². The summed E-state index contributed by atoms with van der Waals surface area (Å²) in [5, 5.41) is 5.25. The summed E-state index contributed by atoms with van der Waals surface area (Å²) in [6.45, 7) is 0.0801. The van der Waals surface area contributed by atoms with Crippen molar-refractivity contribution in [3.8, 4) is 0 Å². The zero-order valence-electron chi connectivity index (χ0n) is 10.6. The summed E-state index contributed by atoms with van der Waals surface area (Å²) in [5.41, 5.74) is -1.18. The number of nitrogens with one attached hydrogen (secondary N) is 2. The molecule has 0 spiro atoms. The quantitative estimate of drug-likeness (QED) is 0.819. The van der Waals surface area contributed by atoms with Gasteiger partial charge in [0.1, 0.15) is 5.82 Å². The molecule has 1 aliphatic carbocycles. The van der Waals surface area contributed by atoms with Gasteiger partial charge in [0.2, 0.25) is 5.91 Å². The molecular weight excluding hydrogens is 276 g/mol. The third-order valence-corrected chi connectivity index (χ3v) is 2.90. The summed E-state index contributed by atoms with van der Waals surface area (Å²) in [6, 6.07) is 2.37. The van der Waals surface area contributed by atoms with Crippen LogP contribution in [0.5, 0.6) is 0 Å². The molecular formula is C13H14F4N2O. The number of carbonyl (C=O) groups excluding carboxylic acids is 1. The van der Waals surface area contributed by atoms with Crippen LogP contribution >= 0.6 is 0 Å². The molecule has 0 radical (unpaired) electrons. The minimum absolute atomic E-state index is 0.0801. The Morgan fingerprint density at radius 2 is 2.00 bits per heavy atom. The summed E-state index contributed by atoms with van der Waals surface area (Å²) in [4.78, 5) is 11.4. The van der Waals surface area contributed by atoms with Crippen LogP contribution in [-0.2, 0) is 11.0 Å². The normalized spacial score (nSPS) is 15.0. The van der Waals surface area contributed by atoms with Gasteiger partial charge in [-0.1, -0.05) is 0 Å². The third kappa shape index (κ3) is 4.11. The molecule has 0 aromatic heterocycles. The highest BCUT2D eigenvalue weighted by atomic mass is 19.4. The fourth-order valence-corrected chi connectivity index (χ4v) is 1.68. The average molecular weight is 290 g/mol. The summed E-state index contributed by atoms with van der Waals surface area (Å²) in [7, 11) is 0. The van der Waals surface area contributed by atoms with Crippen LogP contribution in [0.2, 0.25) is 0 Å². The Labute approximate surface area is 113 Å². The van der Waals surface area contributed by atoms with Gasteiger partial charge in [0, 0.05) is 19.0 Å². The highest BCUT2D eigenvalue weighted by Gasteiger charge is 2.31. The van der Waals surface area contributed by atoms with Crippen LogP contribution < -0.4 is 10.6 Å². The van der Waals surface area contributed by atoms with E-state index in [0.29, 0.717) is 12.1 Å². The van der Waals surface area contributed by atoms with Gasteiger partial charge in [0.25, 0.3) is 0 Å². The number of hydrogen-bond donors (Lipinski definition) is 2. The summed E-state index contributed by atoms with van der Waals surface area (Å²) in [6.07, 6.45) is -2.51. The van der Waals surface area contributed by atoms with Gasteiger partial charge < -0.3 is 10.6 Å². The molecule has 1 aromatic carbocycles. The third-order valence-electron chi connectivity index (χ3n) is 2.90. The number of alkyl halides is 3. The molecule has 0 saturated heterocycles. The standard InChI is InChI=1S/C13H14F4N2O/c14-10-4-1-8(13(15,16)17)7-11(10)18-6-5-12(20)19-9-2-3-9/h1,4,7,9,18H,2-3,5-6H2,(H,19,20). The van der Waals surface area contributed by atoms with Gasteiger partial charge in [0.05, 0.1) is 11.3 Å². The van der Waals surface area contributed by atoms with Crippen molar-refractivity contribution in [1.82, 2.24) is 5.32 Å². The summed E-state index contributed by atoms with van der Waals surface area (Å²) >= 11 is 0. The van der Waals surface area contributed by atoms with Gasteiger partial charge in [-0.25, -0.2) is 4.39 Å². The van der Waals surface area contributed by atoms with Gasteiger partial charge in [-0.05, 0) is 31.0 Å². The average Bonchev–Trinajstić information content (AvgIpc) is 3.14. The fraction of sp³-hybridized carbons (Fsp3) is 0.462. The van der Waals surface area contributed by atoms with E-state index in [4.69, 9.17) is 0 Å². The Morgan fingerprint density at radius 1 is 1.30 bits per heavy atom. The predicted octanol–water partition coefficient (Wildman–Crippen LogP) is 2.93. The Hall–Kier alpha value is -1.79. The van der Waals surface area contributed by atoms with Crippen LogP contribution in [0, 0.1) is 5.82 Å². The fourth-order valence-electron chi connectivity index (χ4n) is 1.68. The van der Waals surface area contributed by atoms with E-state index in [1.165, 1.54) is 0 Å². The van der Waals surface area contributed by atoms with Crippen molar-refractivity contribution in [2.75, 3.05) is 11.9 Å². The Bertz CT molecular complexity index is 498. The highest BCUT2D eigenvalue weighted by Crippen LogP contribution is 2.31. The van der Waals surface area contributed by atoms with Gasteiger partial charge in [0.15, 0.2) is 0 Å². The van der Waals surface area contributed by atoms with Crippen molar-refractivity contribution in [1.29, 1.82) is 0 Å². The van der Waals surface area contributed by atoms with Crippen molar-refractivity contribution >= 4 is 11.6 Å². The summed E-state index contributed by atoms with van der Waals surface area (Å²) < 4.78 is 50.8. The number of anilines is 1. The molecule has 0 unspecified atom stereocenters. The molecule has 2 N–H and O–H groups in total. The Balaban J connectivity index is 1.89. The second kappa shape index (κ2) is 5.68. The molecule has 0 bridgehead atoms. The minimum atomic E-state index is -4.52. The first kappa shape index (κ1) is 14.6. The van der Waals surface area contributed by atoms with Gasteiger partial charge in [-0.2, -0.15) is 13.2 Å². The van der Waals surface area contributed by atoms with E-state index in [1.807, 2.05) is 0 Å². The minimum Gasteiger partial charge on any atom is -0.382 e. The van der Waals surface area contributed by atoms with Crippen LogP contribution in [0.4, 0.5) is 23.2 Å². The van der Waals surface area contributed by atoms with Crippen LogP contribution in [0.1, 0.15) is 24.8 Å². The Kier molecular flexibility index (Phi) is 4.15. The maximum Gasteiger partial charge on any atom is 0.416 e. The number of amides is 1. The maximum atomic E-state index is 13.4. The monoisotopic (exact) mass is 290 g/mol. The van der Waals surface area contributed by atoms with Crippen LogP contribution in [-0.4, -0.2) is 18.5 Å². The molecule has 1 amide bonds. The number of rotatable bonds is 5. The largest absolute Gasteiger partial charge is 0.416 e. The van der Waals surface area contributed by atoms with E-state index in [2.05, 4.69) is 10.6 Å². The number of hydrogen-bond acceptors (Lipinski definition) is 2. The second-order valence-corrected chi connectivity index (χ2v) is 4.71. The first-order chi connectivity index (χ1) is 9.36. The lowest BCUT2D eigenvalue weighted by Gasteiger charge is -2.11. The maximum absolute atomic E-state index is 13.4. The number of halogens is 4. The van der Waals surface area contributed by atoms with Crippen molar-refractivity contribution in [2.24, 2.45) is 0 Å². The predicted molar refractivity (Wildman–Crippen MR) is 65.7 cm³/mol. The molecule has 1 saturated carbocycles. The molecule has 3 nitrogen and oxygen atoms in total. The molecule has 2 rings (SSSR count). The molecule has 20 heavy (non-hydrogen) atoms. The van der Waals surface area contributed by atoms with Crippen LogP contribution in [0.25, 0.3) is 0 Å². The first-order valence-electron chi connectivity index (χ1n) is 6.26. The van der Waals surface area contributed by atoms with E-state index >= 15 is 0 Å². The van der Waals surface area contributed by atoms with Gasteiger partial charge in [-0.3, -0.25) is 4.79 Å². The van der Waals surface area contributed by atoms with Crippen molar-refractivity contribution < 1.29 is 22.4 Å². The van der Waals surface area contributed by atoms with Gasteiger partial charge >= 0.3 is 6.18 Å². The van der Waals surface area contributed by atoms with E-state index in [0.717, 1.165) is 18.9 Å². The molecule has 1 fully saturated rings. The number of carbonyl (C=O) groups is 1. The highest BCUT2D eigenvalue weighted by molar-refractivity contribution is 5.77. The van der Waals surface area contributed by atoms with Crippen molar-refractivity contribution in [2.45, 2.75) is 31.5 Å². The van der Waals surface area contributed by atoms with E-state index < -0.39 is 17.6 Å². The first-order valence-corrected chi connectivity index (χ1v) is 6.26. The molecule has 0 heterocycles. The SMILES string of the molecule is O=C(CCNc1cc(C(F)(F)F)ccc1F)NC1CC1. The van der Waals surface area contributed by atoms with Crippen LogP contribution in [0.15, 0.2) is 18.2 Å². The molecule has 0 atom stereocenters. The van der Waals surface area contributed by atoms with Crippen molar-refractivity contribution in [3.63, 3.8) is 0 Å². The van der Waals surface area contributed by atoms with E-state index in [1.54, 1.807) is 0 Å².